The largest absolute Gasteiger partial charge is 0.480 e. The van der Waals surface area contributed by atoms with Gasteiger partial charge in [-0.2, -0.15) is 5.26 Å². The molecule has 0 saturated carbocycles. The van der Waals surface area contributed by atoms with E-state index < -0.39 is 11.4 Å². The molecule has 4 heteroatoms. The van der Waals surface area contributed by atoms with Crippen LogP contribution >= 0.6 is 0 Å². The van der Waals surface area contributed by atoms with Gasteiger partial charge in [0.05, 0.1) is 6.07 Å². The zero-order valence-corrected chi connectivity index (χ0v) is 7.36. The van der Waals surface area contributed by atoms with Gasteiger partial charge < -0.3 is 10.0 Å². The topological polar surface area (TPSA) is 64.3 Å². The number of rotatable bonds is 1. The molecule has 0 aromatic heterocycles. The van der Waals surface area contributed by atoms with Crippen molar-refractivity contribution in [1.29, 1.82) is 5.26 Å². The number of carbonyl (C=O) groups is 1. The van der Waals surface area contributed by atoms with Gasteiger partial charge in [-0.25, -0.2) is 0 Å². The minimum absolute atomic E-state index is 0.0694. The minimum atomic E-state index is -1.11. The molecule has 3 saturated heterocycles. The highest BCUT2D eigenvalue weighted by Gasteiger charge is 2.52. The number of hydrogen-bond donors (Lipinski definition) is 1. The van der Waals surface area contributed by atoms with E-state index in [1.807, 2.05) is 6.07 Å². The second-order valence-electron chi connectivity index (χ2n) is 3.94. The maximum Gasteiger partial charge on any atom is 0.325 e. The quantitative estimate of drug-likeness (QED) is 0.630. The zero-order chi connectivity index (χ0) is 9.47. The molecule has 0 amide bonds. The maximum absolute atomic E-state index is 11.0. The molecular formula is C9H12N2O2. The summed E-state index contributed by atoms with van der Waals surface area (Å²) in [4.78, 5) is 13.1. The second kappa shape index (κ2) is 2.71. The van der Waals surface area contributed by atoms with Crippen LogP contribution in [0, 0.1) is 22.7 Å². The molecule has 0 radical (unpaired) electrons. The lowest BCUT2D eigenvalue weighted by atomic mass is 9.67. The number of carboxylic acids is 1. The van der Waals surface area contributed by atoms with Gasteiger partial charge in [-0.05, 0) is 31.8 Å². The zero-order valence-electron chi connectivity index (χ0n) is 7.36. The van der Waals surface area contributed by atoms with Gasteiger partial charge >= 0.3 is 5.97 Å². The van der Waals surface area contributed by atoms with E-state index in [1.54, 1.807) is 0 Å². The van der Waals surface area contributed by atoms with Gasteiger partial charge in [0.2, 0.25) is 0 Å². The van der Waals surface area contributed by atoms with Gasteiger partial charge in [0.1, 0.15) is 0 Å². The lowest BCUT2D eigenvalue weighted by molar-refractivity contribution is -0.155. The second-order valence-corrected chi connectivity index (χ2v) is 3.94. The SMILES string of the molecule is N#CC1(C(=O)O)CN2CCC1CC2. The predicted octanol–water partition coefficient (Wildman–Crippen LogP) is 0.307. The normalized spacial score (nSPS) is 42.7. The first-order chi connectivity index (χ1) is 6.19. The Morgan fingerprint density at radius 1 is 1.54 bits per heavy atom. The summed E-state index contributed by atoms with van der Waals surface area (Å²) in [5, 5.41) is 18.0. The Morgan fingerprint density at radius 2 is 2.15 bits per heavy atom. The average Bonchev–Trinajstić information content (AvgIpc) is 2.19. The van der Waals surface area contributed by atoms with Crippen LogP contribution < -0.4 is 0 Å². The number of piperidine rings is 3. The Balaban J connectivity index is 2.32. The monoisotopic (exact) mass is 180 g/mol. The van der Waals surface area contributed by atoms with Crippen molar-refractivity contribution < 1.29 is 9.90 Å². The highest BCUT2D eigenvalue weighted by Crippen LogP contribution is 2.41. The first-order valence-corrected chi connectivity index (χ1v) is 4.56. The van der Waals surface area contributed by atoms with Crippen LogP contribution in [0.3, 0.4) is 0 Å². The van der Waals surface area contributed by atoms with Crippen molar-refractivity contribution in [1.82, 2.24) is 4.90 Å². The number of fused-ring (bicyclic) bond motifs is 3. The molecule has 0 aliphatic carbocycles. The van der Waals surface area contributed by atoms with Gasteiger partial charge in [0, 0.05) is 6.54 Å². The van der Waals surface area contributed by atoms with Crippen LogP contribution in [0.15, 0.2) is 0 Å². The summed E-state index contributed by atoms with van der Waals surface area (Å²) in [5.41, 5.74) is -1.11. The third-order valence-corrected chi connectivity index (χ3v) is 3.34. The van der Waals surface area contributed by atoms with E-state index in [4.69, 9.17) is 10.4 Å². The molecule has 3 aliphatic rings. The standard InChI is InChI=1S/C9H12N2O2/c10-5-9(8(12)13)6-11-3-1-7(9)2-4-11/h7H,1-4,6H2,(H,12,13). The van der Waals surface area contributed by atoms with Crippen molar-refractivity contribution in [2.45, 2.75) is 12.8 Å². The molecule has 70 valence electrons. The number of nitrogens with zero attached hydrogens (tertiary/aromatic N) is 2. The summed E-state index contributed by atoms with van der Waals surface area (Å²) in [5.74, 6) is -0.871. The molecule has 3 rings (SSSR count). The fraction of sp³-hybridized carbons (Fsp3) is 0.778. The van der Waals surface area contributed by atoms with E-state index in [1.165, 1.54) is 0 Å². The molecule has 4 nitrogen and oxygen atoms in total. The van der Waals surface area contributed by atoms with E-state index in [-0.39, 0.29) is 5.92 Å². The van der Waals surface area contributed by atoms with Gasteiger partial charge in [-0.1, -0.05) is 0 Å². The van der Waals surface area contributed by atoms with Crippen LogP contribution in [0.4, 0.5) is 0 Å². The molecule has 3 fully saturated rings. The van der Waals surface area contributed by atoms with Crippen LogP contribution in [-0.4, -0.2) is 35.6 Å². The highest BCUT2D eigenvalue weighted by atomic mass is 16.4. The lowest BCUT2D eigenvalue weighted by Crippen LogP contribution is -2.57. The third-order valence-electron chi connectivity index (χ3n) is 3.34. The summed E-state index contributed by atoms with van der Waals surface area (Å²) in [6.07, 6.45) is 1.72. The van der Waals surface area contributed by atoms with Crippen molar-refractivity contribution in [2.75, 3.05) is 19.6 Å². The van der Waals surface area contributed by atoms with Crippen molar-refractivity contribution in [3.63, 3.8) is 0 Å². The summed E-state index contributed by atoms with van der Waals surface area (Å²) < 4.78 is 0. The number of carboxylic acid groups (broad SMARTS) is 1. The highest BCUT2D eigenvalue weighted by molar-refractivity contribution is 5.79. The molecule has 1 N–H and O–H groups in total. The molecule has 0 spiro atoms. The van der Waals surface area contributed by atoms with E-state index in [9.17, 15) is 4.79 Å². The first kappa shape index (κ1) is 8.52. The molecule has 2 bridgehead atoms. The summed E-state index contributed by atoms with van der Waals surface area (Å²) in [7, 11) is 0. The Bertz CT molecular complexity index is 276. The Morgan fingerprint density at radius 3 is 2.38 bits per heavy atom. The Labute approximate surface area is 76.8 Å². The average molecular weight is 180 g/mol. The molecule has 13 heavy (non-hydrogen) atoms. The van der Waals surface area contributed by atoms with Crippen LogP contribution in [0.1, 0.15) is 12.8 Å². The van der Waals surface area contributed by atoms with E-state index >= 15 is 0 Å². The Hall–Kier alpha value is -1.08. The molecule has 3 heterocycles. The van der Waals surface area contributed by atoms with Crippen molar-refractivity contribution >= 4 is 5.97 Å². The van der Waals surface area contributed by atoms with Crippen molar-refractivity contribution in [3.05, 3.63) is 0 Å². The lowest BCUT2D eigenvalue weighted by Gasteiger charge is -2.47. The maximum atomic E-state index is 11.0. The minimum Gasteiger partial charge on any atom is -0.480 e. The van der Waals surface area contributed by atoms with Crippen LogP contribution in [0.25, 0.3) is 0 Å². The molecule has 1 atom stereocenters. The van der Waals surface area contributed by atoms with E-state index in [0.29, 0.717) is 6.54 Å². The summed E-state index contributed by atoms with van der Waals surface area (Å²) >= 11 is 0. The van der Waals surface area contributed by atoms with E-state index in [2.05, 4.69) is 4.90 Å². The fourth-order valence-electron chi connectivity index (χ4n) is 2.48. The van der Waals surface area contributed by atoms with Crippen LogP contribution in [-0.2, 0) is 4.79 Å². The predicted molar refractivity (Wildman–Crippen MR) is 44.8 cm³/mol. The molecule has 0 aromatic carbocycles. The van der Waals surface area contributed by atoms with Crippen molar-refractivity contribution in [3.8, 4) is 6.07 Å². The van der Waals surface area contributed by atoms with Crippen LogP contribution in [0.2, 0.25) is 0 Å². The van der Waals surface area contributed by atoms with E-state index in [0.717, 1.165) is 25.9 Å². The number of hydrogen-bond acceptors (Lipinski definition) is 3. The summed E-state index contributed by atoms with van der Waals surface area (Å²) in [6, 6.07) is 2.01. The molecular weight excluding hydrogens is 168 g/mol. The van der Waals surface area contributed by atoms with Crippen LogP contribution in [0.5, 0.6) is 0 Å². The molecule has 0 aromatic rings. The third kappa shape index (κ3) is 1.04. The van der Waals surface area contributed by atoms with Gasteiger partial charge in [-0.3, -0.25) is 4.79 Å². The Kier molecular flexibility index (Phi) is 1.77. The van der Waals surface area contributed by atoms with Gasteiger partial charge in [0.15, 0.2) is 5.41 Å². The van der Waals surface area contributed by atoms with Gasteiger partial charge in [-0.15, -0.1) is 0 Å². The summed E-state index contributed by atoms with van der Waals surface area (Å²) in [6.45, 7) is 2.34. The number of aliphatic carboxylic acids is 1. The fourth-order valence-corrected chi connectivity index (χ4v) is 2.48. The number of nitriles is 1. The van der Waals surface area contributed by atoms with Crippen molar-refractivity contribution in [2.24, 2.45) is 11.3 Å². The molecule has 3 aliphatic heterocycles. The smallest absolute Gasteiger partial charge is 0.325 e. The van der Waals surface area contributed by atoms with Gasteiger partial charge in [0.25, 0.3) is 0 Å². The first-order valence-electron chi connectivity index (χ1n) is 4.56. The molecule has 1 unspecified atom stereocenters.